The van der Waals surface area contributed by atoms with Gasteiger partial charge in [-0.15, -0.1) is 0 Å². The number of unbranched alkanes of at least 4 members (excludes halogenated alkanes) is 22. The van der Waals surface area contributed by atoms with Crippen molar-refractivity contribution in [1.82, 2.24) is 0 Å². The van der Waals surface area contributed by atoms with E-state index in [9.17, 15) is 0 Å². The monoisotopic (exact) mass is 351 g/mol. The van der Waals surface area contributed by atoms with Crippen molar-refractivity contribution in [3.05, 3.63) is 6.92 Å². The van der Waals surface area contributed by atoms with E-state index in [1.165, 1.54) is 141 Å². The van der Waals surface area contributed by atoms with Crippen LogP contribution >= 0.6 is 0 Å². The van der Waals surface area contributed by atoms with Crippen molar-refractivity contribution in [2.45, 2.75) is 155 Å². The van der Waals surface area contributed by atoms with Crippen molar-refractivity contribution in [1.29, 1.82) is 0 Å². The molecule has 0 aliphatic carbocycles. The Labute approximate surface area is 161 Å². The van der Waals surface area contributed by atoms with Crippen LogP contribution in [-0.2, 0) is 0 Å². The molecule has 1 radical (unpaired) electrons. The normalized spacial score (nSPS) is 11.3. The minimum atomic E-state index is 1.12. The van der Waals surface area contributed by atoms with Crippen LogP contribution in [0.5, 0.6) is 0 Å². The predicted octanol–water partition coefficient (Wildman–Crippen LogP) is 9.81. The highest BCUT2D eigenvalue weighted by atomic mass is 14.0. The lowest BCUT2D eigenvalue weighted by atomic mass is 10.0. The molecule has 0 aromatic carbocycles. The first-order valence-corrected chi connectivity index (χ1v) is 12.2. The summed E-state index contributed by atoms with van der Waals surface area (Å²) >= 11 is 0. The van der Waals surface area contributed by atoms with Gasteiger partial charge in [-0.1, -0.05) is 162 Å². The Morgan fingerprint density at radius 3 is 0.720 bits per heavy atom. The van der Waals surface area contributed by atoms with E-state index in [4.69, 9.17) is 0 Å². The van der Waals surface area contributed by atoms with Crippen LogP contribution in [0, 0.1) is 6.92 Å². The average molecular weight is 352 g/mol. The van der Waals surface area contributed by atoms with Crippen molar-refractivity contribution in [3.8, 4) is 0 Å². The Hall–Kier alpha value is 0. The molecule has 0 fully saturated rings. The molecule has 0 saturated carbocycles. The van der Waals surface area contributed by atoms with Gasteiger partial charge in [-0.05, 0) is 0 Å². The highest BCUT2D eigenvalue weighted by Crippen LogP contribution is 2.15. The first-order valence-electron chi connectivity index (χ1n) is 12.2. The molecule has 0 atom stereocenters. The number of hydrogen-bond acceptors (Lipinski definition) is 0. The van der Waals surface area contributed by atoms with Crippen molar-refractivity contribution >= 4 is 0 Å². The fourth-order valence-electron chi connectivity index (χ4n) is 3.79. The SMILES string of the molecule is [CH2]CCCCCCCCCCCCCCCCCCCCCCCC. The molecule has 0 heteroatoms. The van der Waals surface area contributed by atoms with Crippen LogP contribution in [0.4, 0.5) is 0 Å². The highest BCUT2D eigenvalue weighted by Gasteiger charge is 1.95. The van der Waals surface area contributed by atoms with Gasteiger partial charge < -0.3 is 0 Å². The third-order valence-corrected chi connectivity index (χ3v) is 5.60. The van der Waals surface area contributed by atoms with Gasteiger partial charge in [0.05, 0.1) is 0 Å². The van der Waals surface area contributed by atoms with E-state index in [0.717, 1.165) is 6.42 Å². The standard InChI is InChI=1S/C25H51/c1-3-5-7-9-11-13-15-17-19-21-23-25-24-22-20-18-16-14-12-10-8-6-4-2/h1,3-25H2,2H3. The van der Waals surface area contributed by atoms with E-state index in [-0.39, 0.29) is 0 Å². The van der Waals surface area contributed by atoms with Crippen LogP contribution in [0.2, 0.25) is 0 Å². The van der Waals surface area contributed by atoms with Crippen LogP contribution in [-0.4, -0.2) is 0 Å². The zero-order valence-electron chi connectivity index (χ0n) is 18.0. The molecule has 0 nitrogen and oxygen atoms in total. The van der Waals surface area contributed by atoms with E-state index >= 15 is 0 Å². The van der Waals surface area contributed by atoms with Gasteiger partial charge in [0, 0.05) is 0 Å². The summed E-state index contributed by atoms with van der Waals surface area (Å²) in [6.07, 6.45) is 33.3. The molecule has 0 aromatic rings. The van der Waals surface area contributed by atoms with Crippen LogP contribution in [0.15, 0.2) is 0 Å². The van der Waals surface area contributed by atoms with Crippen LogP contribution in [0.3, 0.4) is 0 Å². The predicted molar refractivity (Wildman–Crippen MR) is 117 cm³/mol. The summed E-state index contributed by atoms with van der Waals surface area (Å²) in [5, 5.41) is 0. The maximum Gasteiger partial charge on any atom is -0.0533 e. The molecule has 0 amide bonds. The summed E-state index contributed by atoms with van der Waals surface area (Å²) in [7, 11) is 0. The Morgan fingerprint density at radius 1 is 0.320 bits per heavy atom. The maximum absolute atomic E-state index is 3.91. The molecule has 0 N–H and O–H groups in total. The second kappa shape index (κ2) is 24.0. The molecule has 0 heterocycles. The lowest BCUT2D eigenvalue weighted by molar-refractivity contribution is 0.519. The van der Waals surface area contributed by atoms with Gasteiger partial charge in [-0.2, -0.15) is 0 Å². The van der Waals surface area contributed by atoms with Crippen molar-refractivity contribution in [3.63, 3.8) is 0 Å². The largest absolute Gasteiger partial charge is 0.0654 e. The molecule has 0 rings (SSSR count). The van der Waals surface area contributed by atoms with Crippen molar-refractivity contribution < 1.29 is 0 Å². The molecule has 151 valence electrons. The van der Waals surface area contributed by atoms with E-state index in [2.05, 4.69) is 13.8 Å². The van der Waals surface area contributed by atoms with Crippen LogP contribution in [0.25, 0.3) is 0 Å². The van der Waals surface area contributed by atoms with Gasteiger partial charge in [-0.25, -0.2) is 0 Å². The zero-order chi connectivity index (χ0) is 18.3. The van der Waals surface area contributed by atoms with Crippen molar-refractivity contribution in [2.75, 3.05) is 0 Å². The Morgan fingerprint density at radius 2 is 0.520 bits per heavy atom. The van der Waals surface area contributed by atoms with Gasteiger partial charge in [-0.3, -0.25) is 0 Å². The molecule has 0 bridgehead atoms. The molecule has 0 saturated heterocycles. The lowest BCUT2D eigenvalue weighted by Crippen LogP contribution is -1.84. The summed E-state index contributed by atoms with van der Waals surface area (Å²) in [5.41, 5.74) is 0. The summed E-state index contributed by atoms with van der Waals surface area (Å²) in [5.74, 6) is 0. The summed E-state index contributed by atoms with van der Waals surface area (Å²) in [6, 6.07) is 0. The number of hydrogen-bond donors (Lipinski definition) is 0. The molecule has 0 aliphatic heterocycles. The summed E-state index contributed by atoms with van der Waals surface area (Å²) < 4.78 is 0. The van der Waals surface area contributed by atoms with Gasteiger partial charge in [0.25, 0.3) is 0 Å². The van der Waals surface area contributed by atoms with Gasteiger partial charge >= 0.3 is 0 Å². The van der Waals surface area contributed by atoms with Gasteiger partial charge in [0.2, 0.25) is 0 Å². The smallest absolute Gasteiger partial charge is 0.0533 e. The lowest BCUT2D eigenvalue weighted by Gasteiger charge is -2.04. The molecule has 0 unspecified atom stereocenters. The fourth-order valence-corrected chi connectivity index (χ4v) is 3.79. The van der Waals surface area contributed by atoms with Gasteiger partial charge in [0.15, 0.2) is 0 Å². The second-order valence-corrected chi connectivity index (χ2v) is 8.28. The van der Waals surface area contributed by atoms with E-state index in [1.807, 2.05) is 0 Å². The summed E-state index contributed by atoms with van der Waals surface area (Å²) in [6.45, 7) is 6.21. The average Bonchev–Trinajstić information content (AvgIpc) is 2.63. The molecule has 0 aromatic heterocycles. The Kier molecular flexibility index (Phi) is 24.0. The fraction of sp³-hybridized carbons (Fsp3) is 0.960. The molecule has 0 spiro atoms. The first kappa shape index (κ1) is 25.0. The van der Waals surface area contributed by atoms with Gasteiger partial charge in [0.1, 0.15) is 0 Å². The molecular formula is C25H51. The third-order valence-electron chi connectivity index (χ3n) is 5.60. The molecule has 25 heavy (non-hydrogen) atoms. The van der Waals surface area contributed by atoms with Crippen molar-refractivity contribution in [2.24, 2.45) is 0 Å². The quantitative estimate of drug-likeness (QED) is 0.170. The van der Waals surface area contributed by atoms with E-state index in [0.29, 0.717) is 0 Å². The highest BCUT2D eigenvalue weighted by molar-refractivity contribution is 4.51. The first-order chi connectivity index (χ1) is 12.4. The molecule has 0 aliphatic rings. The minimum Gasteiger partial charge on any atom is -0.0654 e. The second-order valence-electron chi connectivity index (χ2n) is 8.28. The minimum absolute atomic E-state index is 1.12. The van der Waals surface area contributed by atoms with E-state index < -0.39 is 0 Å². The zero-order valence-corrected chi connectivity index (χ0v) is 18.0. The molecular weight excluding hydrogens is 300 g/mol. The van der Waals surface area contributed by atoms with Crippen LogP contribution in [0.1, 0.15) is 155 Å². The Bertz CT molecular complexity index is 186. The summed E-state index contributed by atoms with van der Waals surface area (Å²) in [4.78, 5) is 0. The van der Waals surface area contributed by atoms with E-state index in [1.54, 1.807) is 0 Å². The topological polar surface area (TPSA) is 0 Å². The third kappa shape index (κ3) is 24.0. The number of rotatable bonds is 22. The van der Waals surface area contributed by atoms with Crippen LogP contribution < -0.4 is 0 Å². The maximum atomic E-state index is 3.91. The Balaban J connectivity index is 2.94.